The quantitative estimate of drug-likeness (QED) is 0.310. The highest BCUT2D eigenvalue weighted by Gasteiger charge is 2.03. The van der Waals surface area contributed by atoms with E-state index in [9.17, 15) is 0 Å². The lowest BCUT2D eigenvalue weighted by molar-refractivity contribution is 0.115. The largest absolute Gasteiger partial charge is 0.390 e. The van der Waals surface area contributed by atoms with Crippen LogP contribution >= 0.6 is 0 Å². The van der Waals surface area contributed by atoms with E-state index in [4.69, 9.17) is 15.4 Å². The van der Waals surface area contributed by atoms with Crippen LogP contribution in [0, 0.1) is 0 Å². The Kier molecular flexibility index (Phi) is 6.99. The molecule has 1 N–H and O–H groups in total. The molecule has 0 spiro atoms. The van der Waals surface area contributed by atoms with Gasteiger partial charge < -0.3 is 9.84 Å². The Morgan fingerprint density at radius 2 is 2.13 bits per heavy atom. The molecule has 9 heteroatoms. The van der Waals surface area contributed by atoms with Gasteiger partial charge in [-0.2, -0.15) is 0 Å². The average molecular weight is 317 g/mol. The maximum atomic E-state index is 8.98. The highest BCUT2D eigenvalue weighted by atomic mass is 16.5. The molecule has 2 aromatic heterocycles. The Morgan fingerprint density at radius 1 is 1.26 bits per heavy atom. The van der Waals surface area contributed by atoms with Crippen molar-refractivity contribution in [2.24, 2.45) is 5.11 Å². The van der Waals surface area contributed by atoms with Gasteiger partial charge in [0, 0.05) is 18.1 Å². The van der Waals surface area contributed by atoms with E-state index in [0.29, 0.717) is 32.0 Å². The van der Waals surface area contributed by atoms with E-state index in [-0.39, 0.29) is 6.61 Å². The molecule has 9 nitrogen and oxygen atoms in total. The molecule has 0 saturated heterocycles. The molecular formula is C14H19N7O2. The summed E-state index contributed by atoms with van der Waals surface area (Å²) in [6.07, 6.45) is 3.35. The zero-order chi connectivity index (χ0) is 16.3. The molecule has 0 aliphatic rings. The SMILES string of the molecule is [N-]=[N+]=NCCCCOCc1cccc(Cn2cc(CO)nn2)n1. The Hall–Kier alpha value is -2.48. The van der Waals surface area contributed by atoms with Gasteiger partial charge in [-0.15, -0.1) is 5.10 Å². The van der Waals surface area contributed by atoms with E-state index in [1.165, 1.54) is 0 Å². The molecule has 0 radical (unpaired) electrons. The maximum absolute atomic E-state index is 8.98. The van der Waals surface area contributed by atoms with Gasteiger partial charge in [-0.3, -0.25) is 4.98 Å². The van der Waals surface area contributed by atoms with Gasteiger partial charge >= 0.3 is 0 Å². The van der Waals surface area contributed by atoms with Crippen LogP contribution in [0.3, 0.4) is 0 Å². The van der Waals surface area contributed by atoms with Gasteiger partial charge in [0.2, 0.25) is 0 Å². The van der Waals surface area contributed by atoms with Gasteiger partial charge in [0.1, 0.15) is 5.69 Å². The number of aromatic nitrogens is 4. The second kappa shape index (κ2) is 9.52. The number of aliphatic hydroxyl groups excluding tert-OH is 1. The first-order chi connectivity index (χ1) is 11.3. The fraction of sp³-hybridized carbons (Fsp3) is 0.500. The van der Waals surface area contributed by atoms with E-state index in [0.717, 1.165) is 24.2 Å². The second-order valence-corrected chi connectivity index (χ2v) is 4.90. The number of nitrogens with zero attached hydrogens (tertiary/aromatic N) is 7. The predicted molar refractivity (Wildman–Crippen MR) is 82.2 cm³/mol. The van der Waals surface area contributed by atoms with Crippen molar-refractivity contribution in [3.8, 4) is 0 Å². The zero-order valence-corrected chi connectivity index (χ0v) is 12.7. The first-order valence-corrected chi connectivity index (χ1v) is 7.35. The fourth-order valence-electron chi connectivity index (χ4n) is 1.96. The van der Waals surface area contributed by atoms with Crippen LogP contribution in [0.5, 0.6) is 0 Å². The minimum atomic E-state index is -0.124. The van der Waals surface area contributed by atoms with Gasteiger partial charge in [-0.05, 0) is 30.5 Å². The molecule has 0 amide bonds. The Labute approximate surface area is 133 Å². The van der Waals surface area contributed by atoms with Crippen LogP contribution in [0.2, 0.25) is 0 Å². The van der Waals surface area contributed by atoms with Gasteiger partial charge in [0.05, 0.1) is 37.3 Å². The molecule has 23 heavy (non-hydrogen) atoms. The van der Waals surface area contributed by atoms with Gasteiger partial charge in [-0.25, -0.2) is 4.68 Å². The van der Waals surface area contributed by atoms with Crippen molar-refractivity contribution in [2.75, 3.05) is 13.2 Å². The Bertz CT molecular complexity index is 652. The van der Waals surface area contributed by atoms with Crippen LogP contribution in [-0.4, -0.2) is 38.2 Å². The lowest BCUT2D eigenvalue weighted by Crippen LogP contribution is -2.05. The number of ether oxygens (including phenoxy) is 1. The van der Waals surface area contributed by atoms with Crippen molar-refractivity contribution in [3.63, 3.8) is 0 Å². The monoisotopic (exact) mass is 317 g/mol. The minimum absolute atomic E-state index is 0.124. The summed E-state index contributed by atoms with van der Waals surface area (Å²) in [4.78, 5) is 7.21. The molecule has 122 valence electrons. The van der Waals surface area contributed by atoms with Gasteiger partial charge in [0.15, 0.2) is 0 Å². The number of hydrogen-bond donors (Lipinski definition) is 1. The number of rotatable bonds is 10. The summed E-state index contributed by atoms with van der Waals surface area (Å²) < 4.78 is 7.19. The van der Waals surface area contributed by atoms with E-state index in [1.807, 2.05) is 18.2 Å². The smallest absolute Gasteiger partial charge is 0.108 e. The van der Waals surface area contributed by atoms with Crippen LogP contribution in [0.4, 0.5) is 0 Å². The van der Waals surface area contributed by atoms with Crippen molar-refractivity contribution in [1.29, 1.82) is 0 Å². The highest BCUT2D eigenvalue weighted by Crippen LogP contribution is 2.04. The summed E-state index contributed by atoms with van der Waals surface area (Å²) in [7, 11) is 0. The van der Waals surface area contributed by atoms with Crippen LogP contribution < -0.4 is 0 Å². The number of pyridine rings is 1. The number of azide groups is 1. The first-order valence-electron chi connectivity index (χ1n) is 7.35. The molecule has 0 fully saturated rings. The van der Waals surface area contributed by atoms with Crippen molar-refractivity contribution in [3.05, 3.63) is 51.9 Å². The van der Waals surface area contributed by atoms with Crippen LogP contribution in [0.15, 0.2) is 29.5 Å². The summed E-state index contributed by atoms with van der Waals surface area (Å²) >= 11 is 0. The van der Waals surface area contributed by atoms with Crippen molar-refractivity contribution in [2.45, 2.75) is 32.6 Å². The van der Waals surface area contributed by atoms with E-state index < -0.39 is 0 Å². The normalized spacial score (nSPS) is 10.5. The second-order valence-electron chi connectivity index (χ2n) is 4.90. The van der Waals surface area contributed by atoms with E-state index in [2.05, 4.69) is 25.3 Å². The summed E-state index contributed by atoms with van der Waals surface area (Å²) in [5.41, 5.74) is 10.4. The topological polar surface area (TPSA) is 122 Å². The number of hydrogen-bond acceptors (Lipinski definition) is 6. The molecular weight excluding hydrogens is 298 g/mol. The first kappa shape index (κ1) is 16.9. The molecule has 0 aliphatic carbocycles. The summed E-state index contributed by atoms with van der Waals surface area (Å²) in [6, 6.07) is 5.74. The third-order valence-electron chi connectivity index (χ3n) is 3.05. The van der Waals surface area contributed by atoms with E-state index in [1.54, 1.807) is 10.9 Å². The highest BCUT2D eigenvalue weighted by molar-refractivity contribution is 5.11. The summed E-state index contributed by atoms with van der Waals surface area (Å²) in [5.74, 6) is 0. The molecule has 0 aliphatic heterocycles. The molecule has 0 saturated carbocycles. The molecule has 2 heterocycles. The summed E-state index contributed by atoms with van der Waals surface area (Å²) in [6.45, 7) is 1.92. The molecule has 0 bridgehead atoms. The molecule has 0 aromatic carbocycles. The number of aliphatic hydroxyl groups is 1. The van der Waals surface area contributed by atoms with Crippen molar-refractivity contribution >= 4 is 0 Å². The average Bonchev–Trinajstić information content (AvgIpc) is 3.02. The van der Waals surface area contributed by atoms with Gasteiger partial charge in [0.25, 0.3) is 0 Å². The third kappa shape index (κ3) is 6.03. The number of unbranched alkanes of at least 4 members (excludes halogenated alkanes) is 1. The third-order valence-corrected chi connectivity index (χ3v) is 3.05. The fourth-order valence-corrected chi connectivity index (χ4v) is 1.96. The zero-order valence-electron chi connectivity index (χ0n) is 12.7. The molecule has 2 aromatic rings. The molecule has 0 atom stereocenters. The summed E-state index contributed by atoms with van der Waals surface area (Å²) in [5, 5.41) is 20.2. The molecule has 0 unspecified atom stereocenters. The Balaban J connectivity index is 1.76. The van der Waals surface area contributed by atoms with Crippen LogP contribution in [-0.2, 0) is 24.5 Å². The lowest BCUT2D eigenvalue weighted by atomic mass is 10.3. The minimum Gasteiger partial charge on any atom is -0.390 e. The van der Waals surface area contributed by atoms with Crippen molar-refractivity contribution < 1.29 is 9.84 Å². The van der Waals surface area contributed by atoms with Crippen molar-refractivity contribution in [1.82, 2.24) is 20.0 Å². The molecule has 2 rings (SSSR count). The predicted octanol–water partition coefficient (Wildman–Crippen LogP) is 1.82. The Morgan fingerprint density at radius 3 is 2.91 bits per heavy atom. The standard InChI is InChI=1S/C14H19N7O2/c15-19-16-6-1-2-7-23-11-13-5-3-4-12(17-13)8-21-9-14(10-22)18-20-21/h3-5,9,22H,1-2,6-8,10-11H2. The maximum Gasteiger partial charge on any atom is 0.108 e. The van der Waals surface area contributed by atoms with Crippen LogP contribution in [0.1, 0.15) is 29.9 Å². The van der Waals surface area contributed by atoms with Crippen LogP contribution in [0.25, 0.3) is 10.4 Å². The van der Waals surface area contributed by atoms with E-state index >= 15 is 0 Å². The van der Waals surface area contributed by atoms with Gasteiger partial charge in [-0.1, -0.05) is 16.4 Å². The lowest BCUT2D eigenvalue weighted by Gasteiger charge is -2.06.